The quantitative estimate of drug-likeness (QED) is 0.885. The highest BCUT2D eigenvalue weighted by Gasteiger charge is 2.15. The lowest BCUT2D eigenvalue weighted by Crippen LogP contribution is -2.12. The maximum absolute atomic E-state index is 14.0. The number of aryl methyl sites for hydroxylation is 1. The topological polar surface area (TPSA) is 43.8 Å². The SMILES string of the molecule is CCc1nccn1-c1c(F)cccc1[C@H](C)N. The Morgan fingerprint density at radius 1 is 1.47 bits per heavy atom. The summed E-state index contributed by atoms with van der Waals surface area (Å²) in [5, 5.41) is 0. The van der Waals surface area contributed by atoms with Crippen molar-refractivity contribution < 1.29 is 4.39 Å². The van der Waals surface area contributed by atoms with Gasteiger partial charge in [0.2, 0.25) is 0 Å². The Morgan fingerprint density at radius 3 is 2.88 bits per heavy atom. The van der Waals surface area contributed by atoms with Crippen molar-refractivity contribution >= 4 is 0 Å². The van der Waals surface area contributed by atoms with Crippen LogP contribution >= 0.6 is 0 Å². The van der Waals surface area contributed by atoms with E-state index in [0.717, 1.165) is 17.8 Å². The lowest BCUT2D eigenvalue weighted by molar-refractivity contribution is 0.608. The zero-order chi connectivity index (χ0) is 12.4. The molecule has 17 heavy (non-hydrogen) atoms. The molecule has 0 fully saturated rings. The summed E-state index contributed by atoms with van der Waals surface area (Å²) in [4.78, 5) is 4.21. The molecule has 1 heterocycles. The zero-order valence-corrected chi connectivity index (χ0v) is 10.0. The van der Waals surface area contributed by atoms with E-state index in [-0.39, 0.29) is 11.9 Å². The van der Waals surface area contributed by atoms with E-state index < -0.39 is 0 Å². The summed E-state index contributed by atoms with van der Waals surface area (Å²) >= 11 is 0. The van der Waals surface area contributed by atoms with E-state index in [1.54, 1.807) is 23.0 Å². The lowest BCUT2D eigenvalue weighted by atomic mass is 10.1. The molecule has 4 heteroatoms. The van der Waals surface area contributed by atoms with Gasteiger partial charge in [-0.1, -0.05) is 19.1 Å². The summed E-state index contributed by atoms with van der Waals surface area (Å²) in [6.45, 7) is 3.84. The van der Waals surface area contributed by atoms with Gasteiger partial charge in [-0.05, 0) is 18.6 Å². The minimum atomic E-state index is -0.271. The van der Waals surface area contributed by atoms with Crippen LogP contribution in [-0.4, -0.2) is 9.55 Å². The van der Waals surface area contributed by atoms with Crippen LogP contribution in [0.3, 0.4) is 0 Å². The number of nitrogens with zero attached hydrogens (tertiary/aromatic N) is 2. The van der Waals surface area contributed by atoms with Crippen molar-refractivity contribution in [2.24, 2.45) is 5.73 Å². The number of nitrogens with two attached hydrogens (primary N) is 1. The molecule has 1 aromatic carbocycles. The van der Waals surface area contributed by atoms with E-state index in [0.29, 0.717) is 5.69 Å². The first-order valence-corrected chi connectivity index (χ1v) is 5.71. The summed E-state index contributed by atoms with van der Waals surface area (Å²) in [7, 11) is 0. The fourth-order valence-corrected chi connectivity index (χ4v) is 1.95. The van der Waals surface area contributed by atoms with Gasteiger partial charge in [-0.3, -0.25) is 0 Å². The van der Waals surface area contributed by atoms with Crippen LogP contribution in [0.5, 0.6) is 0 Å². The first-order valence-electron chi connectivity index (χ1n) is 5.71. The second kappa shape index (κ2) is 4.67. The Balaban J connectivity index is 2.65. The van der Waals surface area contributed by atoms with Crippen LogP contribution in [0.1, 0.15) is 31.3 Å². The molecule has 2 rings (SSSR count). The summed E-state index contributed by atoms with van der Waals surface area (Å²) in [6, 6.07) is 4.76. The summed E-state index contributed by atoms with van der Waals surface area (Å²) < 4.78 is 15.8. The number of hydrogen-bond acceptors (Lipinski definition) is 2. The molecule has 2 N–H and O–H groups in total. The number of benzene rings is 1. The molecule has 0 radical (unpaired) electrons. The second-order valence-electron chi connectivity index (χ2n) is 4.03. The molecule has 0 bridgehead atoms. The maximum atomic E-state index is 14.0. The maximum Gasteiger partial charge on any atom is 0.147 e. The molecule has 1 atom stereocenters. The molecular weight excluding hydrogens is 217 g/mol. The number of imidazole rings is 1. The monoisotopic (exact) mass is 233 g/mol. The molecule has 2 aromatic rings. The van der Waals surface area contributed by atoms with Crippen molar-refractivity contribution in [3.8, 4) is 5.69 Å². The first kappa shape index (κ1) is 11.8. The highest BCUT2D eigenvalue weighted by atomic mass is 19.1. The minimum Gasteiger partial charge on any atom is -0.324 e. The third-order valence-corrected chi connectivity index (χ3v) is 2.78. The van der Waals surface area contributed by atoms with Crippen LogP contribution in [0.25, 0.3) is 5.69 Å². The Kier molecular flexibility index (Phi) is 3.24. The van der Waals surface area contributed by atoms with Gasteiger partial charge in [-0.2, -0.15) is 0 Å². The van der Waals surface area contributed by atoms with E-state index in [4.69, 9.17) is 5.73 Å². The van der Waals surface area contributed by atoms with E-state index in [2.05, 4.69) is 4.98 Å². The largest absolute Gasteiger partial charge is 0.324 e. The molecule has 1 aromatic heterocycles. The average molecular weight is 233 g/mol. The Morgan fingerprint density at radius 2 is 2.24 bits per heavy atom. The Hall–Kier alpha value is -1.68. The normalized spacial score (nSPS) is 12.7. The van der Waals surface area contributed by atoms with Crippen LogP contribution in [0.2, 0.25) is 0 Å². The average Bonchev–Trinajstić information content (AvgIpc) is 2.76. The van der Waals surface area contributed by atoms with Crippen molar-refractivity contribution in [2.45, 2.75) is 26.3 Å². The molecule has 3 nitrogen and oxygen atoms in total. The van der Waals surface area contributed by atoms with Gasteiger partial charge in [-0.15, -0.1) is 0 Å². The predicted octanol–water partition coefficient (Wildman–Crippen LogP) is 2.59. The molecule has 0 saturated carbocycles. The van der Waals surface area contributed by atoms with Crippen molar-refractivity contribution in [3.05, 3.63) is 47.8 Å². The van der Waals surface area contributed by atoms with Gasteiger partial charge in [0.15, 0.2) is 0 Å². The van der Waals surface area contributed by atoms with Gasteiger partial charge in [0.05, 0.1) is 5.69 Å². The zero-order valence-electron chi connectivity index (χ0n) is 10.0. The molecule has 0 saturated heterocycles. The van der Waals surface area contributed by atoms with Crippen molar-refractivity contribution in [2.75, 3.05) is 0 Å². The fourth-order valence-electron chi connectivity index (χ4n) is 1.95. The highest BCUT2D eigenvalue weighted by Crippen LogP contribution is 2.24. The van der Waals surface area contributed by atoms with Crippen LogP contribution in [0.4, 0.5) is 4.39 Å². The third kappa shape index (κ3) is 2.08. The number of halogens is 1. The molecule has 0 amide bonds. The van der Waals surface area contributed by atoms with Gasteiger partial charge < -0.3 is 10.3 Å². The number of hydrogen-bond donors (Lipinski definition) is 1. The van der Waals surface area contributed by atoms with E-state index >= 15 is 0 Å². The van der Waals surface area contributed by atoms with Crippen LogP contribution in [-0.2, 0) is 6.42 Å². The van der Waals surface area contributed by atoms with Gasteiger partial charge in [0, 0.05) is 24.9 Å². The van der Waals surface area contributed by atoms with Gasteiger partial charge in [0.1, 0.15) is 11.6 Å². The minimum absolute atomic E-state index is 0.215. The summed E-state index contributed by atoms with van der Waals surface area (Å²) in [5.41, 5.74) is 7.18. The standard InChI is InChI=1S/C13H16FN3/c1-3-12-16-7-8-17(12)13-10(9(2)15)5-4-6-11(13)14/h4-9H,3,15H2,1-2H3/t9-/m0/s1. The summed E-state index contributed by atoms with van der Waals surface area (Å²) in [5.74, 6) is 0.560. The molecule has 0 unspecified atom stereocenters. The lowest BCUT2D eigenvalue weighted by Gasteiger charge is -2.15. The Labute approximate surface area is 100 Å². The van der Waals surface area contributed by atoms with Crippen LogP contribution in [0.15, 0.2) is 30.6 Å². The number of rotatable bonds is 3. The molecule has 0 aliphatic rings. The molecule has 90 valence electrons. The van der Waals surface area contributed by atoms with Crippen LogP contribution in [0, 0.1) is 5.82 Å². The van der Waals surface area contributed by atoms with Gasteiger partial charge in [-0.25, -0.2) is 9.37 Å². The van der Waals surface area contributed by atoms with E-state index in [1.807, 2.05) is 19.9 Å². The van der Waals surface area contributed by atoms with Gasteiger partial charge in [0.25, 0.3) is 0 Å². The third-order valence-electron chi connectivity index (χ3n) is 2.78. The first-order chi connectivity index (χ1) is 8.15. The molecule has 0 aliphatic heterocycles. The summed E-state index contributed by atoms with van der Waals surface area (Å²) in [6.07, 6.45) is 4.19. The smallest absolute Gasteiger partial charge is 0.147 e. The number of para-hydroxylation sites is 1. The fraction of sp³-hybridized carbons (Fsp3) is 0.308. The van der Waals surface area contributed by atoms with E-state index in [1.165, 1.54) is 6.07 Å². The molecule has 0 spiro atoms. The predicted molar refractivity (Wildman–Crippen MR) is 65.5 cm³/mol. The number of aromatic nitrogens is 2. The second-order valence-corrected chi connectivity index (χ2v) is 4.03. The van der Waals surface area contributed by atoms with Crippen molar-refractivity contribution in [1.29, 1.82) is 0 Å². The van der Waals surface area contributed by atoms with Gasteiger partial charge >= 0.3 is 0 Å². The van der Waals surface area contributed by atoms with Crippen LogP contribution < -0.4 is 5.73 Å². The van der Waals surface area contributed by atoms with Crippen molar-refractivity contribution in [1.82, 2.24) is 9.55 Å². The van der Waals surface area contributed by atoms with E-state index in [9.17, 15) is 4.39 Å². The Bertz CT molecular complexity index is 517. The van der Waals surface area contributed by atoms with Crippen molar-refractivity contribution in [3.63, 3.8) is 0 Å². The highest BCUT2D eigenvalue weighted by molar-refractivity contribution is 5.45. The molecule has 0 aliphatic carbocycles. The molecular formula is C13H16FN3.